The minimum Gasteiger partial charge on any atom is -0.293 e. The molecule has 2 heterocycles. The standard InChI is InChI=1S/C14H16BrClFN/c15-10-2-1-9(14(17)5-10)8-18-12-3-4-13(18)7-11(16)6-12/h1-2,5,11-13H,3-4,6-8H2. The zero-order valence-electron chi connectivity index (χ0n) is 10.1. The molecule has 98 valence electrons. The topological polar surface area (TPSA) is 3.24 Å². The number of halogens is 3. The number of fused-ring (bicyclic) bond motifs is 2. The second-order valence-electron chi connectivity index (χ2n) is 5.36. The fourth-order valence-electron chi connectivity index (χ4n) is 3.31. The molecule has 2 saturated heterocycles. The van der Waals surface area contributed by atoms with E-state index in [-0.39, 0.29) is 5.82 Å². The van der Waals surface area contributed by atoms with E-state index in [9.17, 15) is 4.39 Å². The molecule has 2 aliphatic rings. The Morgan fingerprint density at radius 1 is 1.28 bits per heavy atom. The summed E-state index contributed by atoms with van der Waals surface area (Å²) in [4.78, 5) is 2.45. The Balaban J connectivity index is 1.77. The molecule has 2 atom stereocenters. The van der Waals surface area contributed by atoms with Crippen LogP contribution in [-0.2, 0) is 6.54 Å². The van der Waals surface area contributed by atoms with E-state index in [1.807, 2.05) is 12.1 Å². The first-order valence-corrected chi connectivity index (χ1v) is 7.70. The first-order valence-electron chi connectivity index (χ1n) is 6.47. The SMILES string of the molecule is Fc1cc(Br)ccc1CN1C2CCC1CC(Cl)C2. The van der Waals surface area contributed by atoms with Gasteiger partial charge in [0.05, 0.1) is 0 Å². The average Bonchev–Trinajstić information content (AvgIpc) is 2.56. The van der Waals surface area contributed by atoms with Gasteiger partial charge in [-0.1, -0.05) is 22.0 Å². The van der Waals surface area contributed by atoms with Gasteiger partial charge in [0.2, 0.25) is 0 Å². The third kappa shape index (κ3) is 2.45. The molecule has 1 aromatic carbocycles. The molecular weight excluding hydrogens is 317 g/mol. The molecule has 2 unspecified atom stereocenters. The molecule has 0 aliphatic carbocycles. The highest BCUT2D eigenvalue weighted by Gasteiger charge is 2.40. The molecule has 1 nitrogen and oxygen atoms in total. The van der Waals surface area contributed by atoms with Gasteiger partial charge in [0.15, 0.2) is 0 Å². The van der Waals surface area contributed by atoms with E-state index in [0.29, 0.717) is 17.5 Å². The lowest BCUT2D eigenvalue weighted by atomic mass is 10.0. The predicted molar refractivity (Wildman–Crippen MR) is 75.3 cm³/mol. The number of nitrogens with zero attached hydrogens (tertiary/aromatic N) is 1. The minimum atomic E-state index is -0.114. The van der Waals surface area contributed by atoms with Crippen molar-refractivity contribution in [3.05, 3.63) is 34.1 Å². The fraction of sp³-hybridized carbons (Fsp3) is 0.571. The number of benzene rings is 1. The van der Waals surface area contributed by atoms with Crippen molar-refractivity contribution in [1.82, 2.24) is 4.90 Å². The smallest absolute Gasteiger partial charge is 0.128 e. The highest BCUT2D eigenvalue weighted by molar-refractivity contribution is 9.10. The number of alkyl halides is 1. The molecule has 0 spiro atoms. The van der Waals surface area contributed by atoms with Crippen molar-refractivity contribution in [3.8, 4) is 0 Å². The molecule has 2 fully saturated rings. The van der Waals surface area contributed by atoms with E-state index in [4.69, 9.17) is 11.6 Å². The van der Waals surface area contributed by atoms with Gasteiger partial charge in [-0.15, -0.1) is 11.6 Å². The van der Waals surface area contributed by atoms with E-state index in [2.05, 4.69) is 20.8 Å². The monoisotopic (exact) mass is 331 g/mol. The molecular formula is C14H16BrClFN. The normalized spacial score (nSPS) is 31.8. The molecule has 2 bridgehead atoms. The van der Waals surface area contributed by atoms with Crippen LogP contribution in [0.1, 0.15) is 31.2 Å². The summed E-state index contributed by atoms with van der Waals surface area (Å²) in [6.45, 7) is 0.720. The minimum absolute atomic E-state index is 0.114. The second-order valence-corrected chi connectivity index (χ2v) is 6.89. The Morgan fingerprint density at radius 2 is 1.94 bits per heavy atom. The number of hydrogen-bond acceptors (Lipinski definition) is 1. The van der Waals surface area contributed by atoms with Crippen LogP contribution in [0.15, 0.2) is 22.7 Å². The van der Waals surface area contributed by atoms with Crippen molar-refractivity contribution in [2.75, 3.05) is 0 Å². The predicted octanol–water partition coefficient (Wildman–Crippen LogP) is 4.32. The summed E-state index contributed by atoms with van der Waals surface area (Å²) >= 11 is 9.55. The van der Waals surface area contributed by atoms with Gasteiger partial charge >= 0.3 is 0 Å². The lowest BCUT2D eigenvalue weighted by Gasteiger charge is -2.37. The first kappa shape index (κ1) is 12.9. The van der Waals surface area contributed by atoms with Crippen LogP contribution in [0.3, 0.4) is 0 Å². The van der Waals surface area contributed by atoms with Crippen molar-refractivity contribution >= 4 is 27.5 Å². The molecule has 2 aliphatic heterocycles. The summed E-state index contributed by atoms with van der Waals surface area (Å²) in [5.74, 6) is -0.114. The van der Waals surface area contributed by atoms with Gasteiger partial charge in [0.1, 0.15) is 5.82 Å². The highest BCUT2D eigenvalue weighted by Crippen LogP contribution is 2.38. The van der Waals surface area contributed by atoms with Crippen molar-refractivity contribution in [1.29, 1.82) is 0 Å². The summed E-state index contributed by atoms with van der Waals surface area (Å²) in [5.41, 5.74) is 0.795. The summed E-state index contributed by atoms with van der Waals surface area (Å²) in [7, 11) is 0. The van der Waals surface area contributed by atoms with E-state index in [1.165, 1.54) is 12.8 Å². The van der Waals surface area contributed by atoms with Gasteiger partial charge in [0.25, 0.3) is 0 Å². The van der Waals surface area contributed by atoms with Crippen LogP contribution in [0, 0.1) is 5.82 Å². The molecule has 3 rings (SSSR count). The highest BCUT2D eigenvalue weighted by atomic mass is 79.9. The van der Waals surface area contributed by atoms with Gasteiger partial charge in [-0.3, -0.25) is 4.90 Å². The van der Waals surface area contributed by atoms with Crippen molar-refractivity contribution < 1.29 is 4.39 Å². The average molecular weight is 333 g/mol. The Labute approximate surface area is 120 Å². The van der Waals surface area contributed by atoms with Crippen LogP contribution >= 0.6 is 27.5 Å². The van der Waals surface area contributed by atoms with E-state index in [0.717, 1.165) is 29.4 Å². The summed E-state index contributed by atoms with van der Waals surface area (Å²) in [5, 5.41) is 0.313. The maximum atomic E-state index is 13.9. The largest absolute Gasteiger partial charge is 0.293 e. The van der Waals surface area contributed by atoms with Gasteiger partial charge in [0, 0.05) is 34.0 Å². The van der Waals surface area contributed by atoms with Crippen LogP contribution in [0.5, 0.6) is 0 Å². The third-order valence-electron chi connectivity index (χ3n) is 4.19. The van der Waals surface area contributed by atoms with E-state index in [1.54, 1.807) is 6.07 Å². The van der Waals surface area contributed by atoms with Crippen molar-refractivity contribution in [3.63, 3.8) is 0 Å². The quantitative estimate of drug-likeness (QED) is 0.729. The Bertz CT molecular complexity index is 439. The van der Waals surface area contributed by atoms with Crippen LogP contribution in [0.4, 0.5) is 4.39 Å². The lowest BCUT2D eigenvalue weighted by Crippen LogP contribution is -2.42. The molecule has 0 N–H and O–H groups in total. The molecule has 1 aromatic rings. The molecule has 0 radical (unpaired) electrons. The zero-order chi connectivity index (χ0) is 12.7. The first-order chi connectivity index (χ1) is 8.63. The molecule has 4 heteroatoms. The van der Waals surface area contributed by atoms with E-state index < -0.39 is 0 Å². The molecule has 0 amide bonds. The van der Waals surface area contributed by atoms with Gasteiger partial charge < -0.3 is 0 Å². The Kier molecular flexibility index (Phi) is 3.65. The second kappa shape index (κ2) is 5.10. The van der Waals surface area contributed by atoms with Crippen LogP contribution < -0.4 is 0 Å². The Hall–Kier alpha value is -0.120. The molecule has 0 saturated carbocycles. The van der Waals surface area contributed by atoms with E-state index >= 15 is 0 Å². The van der Waals surface area contributed by atoms with Gasteiger partial charge in [-0.2, -0.15) is 0 Å². The Morgan fingerprint density at radius 3 is 2.56 bits per heavy atom. The van der Waals surface area contributed by atoms with Gasteiger partial charge in [-0.05, 0) is 37.8 Å². The van der Waals surface area contributed by atoms with Crippen LogP contribution in [0.2, 0.25) is 0 Å². The van der Waals surface area contributed by atoms with Crippen LogP contribution in [-0.4, -0.2) is 22.4 Å². The molecule has 0 aromatic heterocycles. The number of rotatable bonds is 2. The summed E-state index contributed by atoms with van der Waals surface area (Å²) in [6, 6.07) is 6.44. The summed E-state index contributed by atoms with van der Waals surface area (Å²) in [6.07, 6.45) is 4.53. The number of piperidine rings is 1. The third-order valence-corrected chi connectivity index (χ3v) is 5.04. The maximum Gasteiger partial charge on any atom is 0.128 e. The summed E-state index contributed by atoms with van der Waals surface area (Å²) < 4.78 is 14.7. The maximum absolute atomic E-state index is 13.9. The lowest BCUT2D eigenvalue weighted by molar-refractivity contribution is 0.133. The molecule has 18 heavy (non-hydrogen) atoms. The van der Waals surface area contributed by atoms with Crippen molar-refractivity contribution in [2.24, 2.45) is 0 Å². The van der Waals surface area contributed by atoms with Gasteiger partial charge in [-0.25, -0.2) is 4.39 Å². The number of hydrogen-bond donors (Lipinski definition) is 0. The fourth-order valence-corrected chi connectivity index (χ4v) is 4.06. The van der Waals surface area contributed by atoms with Crippen molar-refractivity contribution in [2.45, 2.75) is 49.7 Å². The van der Waals surface area contributed by atoms with Crippen LogP contribution in [0.25, 0.3) is 0 Å². The zero-order valence-corrected chi connectivity index (χ0v) is 12.4.